The van der Waals surface area contributed by atoms with Gasteiger partial charge in [-0.05, 0) is 18.6 Å². The summed E-state index contributed by atoms with van der Waals surface area (Å²) < 4.78 is 0.725. The van der Waals surface area contributed by atoms with E-state index in [1.807, 2.05) is 24.4 Å². The Hall–Kier alpha value is -0.950. The maximum absolute atomic E-state index is 11.8. The fourth-order valence-corrected chi connectivity index (χ4v) is 3.59. The number of amides is 1. The smallest absolute Gasteiger partial charge is 0.226 e. The highest BCUT2D eigenvalue weighted by atomic mass is 35.5. The molecule has 1 unspecified atom stereocenters. The van der Waals surface area contributed by atoms with Gasteiger partial charge in [0.15, 0.2) is 0 Å². The van der Waals surface area contributed by atoms with E-state index in [-0.39, 0.29) is 25.0 Å². The van der Waals surface area contributed by atoms with Crippen LogP contribution >= 0.6 is 34.3 Å². The van der Waals surface area contributed by atoms with Gasteiger partial charge in [-0.1, -0.05) is 18.5 Å². The standard InChI is InChI=1S/C13H15ClN2O2S2/c1-2-8(6-17)15-12(18)5-9-7-19-13(16-9)10-3-4-11(14)20-10/h3-4,7-8,17H,2,5-6H2,1H3,(H,15,18). The number of hydrogen-bond acceptors (Lipinski definition) is 5. The topological polar surface area (TPSA) is 62.2 Å². The second-order valence-corrected chi connectivity index (χ2v) is 6.85. The number of halogens is 1. The third-order valence-corrected chi connectivity index (χ3v) is 5.05. The van der Waals surface area contributed by atoms with Crippen molar-refractivity contribution in [2.45, 2.75) is 25.8 Å². The minimum absolute atomic E-state index is 0.0434. The maximum Gasteiger partial charge on any atom is 0.226 e. The molecule has 0 saturated heterocycles. The van der Waals surface area contributed by atoms with E-state index in [0.29, 0.717) is 6.42 Å². The number of aliphatic hydroxyl groups excluding tert-OH is 1. The van der Waals surface area contributed by atoms with Crippen LogP contribution in [0.3, 0.4) is 0 Å². The zero-order chi connectivity index (χ0) is 14.5. The summed E-state index contributed by atoms with van der Waals surface area (Å²) in [5.41, 5.74) is 0.736. The molecule has 0 radical (unpaired) electrons. The summed E-state index contributed by atoms with van der Waals surface area (Å²) in [5.74, 6) is -0.119. The second-order valence-electron chi connectivity index (χ2n) is 4.28. The van der Waals surface area contributed by atoms with Gasteiger partial charge >= 0.3 is 0 Å². The van der Waals surface area contributed by atoms with Gasteiger partial charge < -0.3 is 10.4 Å². The van der Waals surface area contributed by atoms with Gasteiger partial charge in [-0.25, -0.2) is 4.98 Å². The van der Waals surface area contributed by atoms with Crippen LogP contribution in [0.25, 0.3) is 9.88 Å². The van der Waals surface area contributed by atoms with Crippen molar-refractivity contribution in [3.8, 4) is 9.88 Å². The number of aromatic nitrogens is 1. The fraction of sp³-hybridized carbons (Fsp3) is 0.385. The zero-order valence-electron chi connectivity index (χ0n) is 10.9. The Morgan fingerprint density at radius 1 is 1.55 bits per heavy atom. The van der Waals surface area contributed by atoms with Gasteiger partial charge in [0.1, 0.15) is 5.01 Å². The summed E-state index contributed by atoms with van der Waals surface area (Å²) >= 11 is 8.87. The highest BCUT2D eigenvalue weighted by molar-refractivity contribution is 7.23. The highest BCUT2D eigenvalue weighted by Gasteiger charge is 2.13. The van der Waals surface area contributed by atoms with Crippen molar-refractivity contribution in [3.05, 3.63) is 27.5 Å². The molecular weight excluding hydrogens is 316 g/mol. The summed E-state index contributed by atoms with van der Waals surface area (Å²) in [5, 5.41) is 14.6. The van der Waals surface area contributed by atoms with E-state index in [4.69, 9.17) is 16.7 Å². The Kier molecular flexibility index (Phi) is 5.54. The SMILES string of the molecule is CCC(CO)NC(=O)Cc1csc(-c2ccc(Cl)s2)n1. The van der Waals surface area contributed by atoms with Crippen LogP contribution in [0.15, 0.2) is 17.5 Å². The van der Waals surface area contributed by atoms with Crippen LogP contribution in [0.5, 0.6) is 0 Å². The molecule has 1 atom stereocenters. The molecular formula is C13H15ClN2O2S2. The number of thiazole rings is 1. The van der Waals surface area contributed by atoms with Crippen LogP contribution in [-0.4, -0.2) is 28.6 Å². The van der Waals surface area contributed by atoms with Gasteiger partial charge in [0.25, 0.3) is 0 Å². The number of aliphatic hydroxyl groups is 1. The van der Waals surface area contributed by atoms with Crippen molar-refractivity contribution in [3.63, 3.8) is 0 Å². The van der Waals surface area contributed by atoms with E-state index in [9.17, 15) is 4.79 Å². The molecule has 2 aromatic heterocycles. The number of nitrogens with one attached hydrogen (secondary N) is 1. The summed E-state index contributed by atoms with van der Waals surface area (Å²) in [7, 11) is 0. The molecule has 20 heavy (non-hydrogen) atoms. The van der Waals surface area contributed by atoms with E-state index in [1.165, 1.54) is 22.7 Å². The van der Waals surface area contributed by atoms with Crippen LogP contribution in [-0.2, 0) is 11.2 Å². The first-order valence-electron chi connectivity index (χ1n) is 6.22. The second kappa shape index (κ2) is 7.17. The molecule has 0 aliphatic rings. The van der Waals surface area contributed by atoms with Crippen LogP contribution in [0, 0.1) is 0 Å². The molecule has 7 heteroatoms. The van der Waals surface area contributed by atoms with E-state index in [2.05, 4.69) is 10.3 Å². The molecule has 2 rings (SSSR count). The van der Waals surface area contributed by atoms with Crippen molar-refractivity contribution in [1.29, 1.82) is 0 Å². The Labute approximate surface area is 130 Å². The molecule has 2 N–H and O–H groups in total. The molecule has 0 saturated carbocycles. The number of hydrogen-bond donors (Lipinski definition) is 2. The molecule has 2 heterocycles. The molecule has 0 aliphatic carbocycles. The normalized spacial score (nSPS) is 12.3. The summed E-state index contributed by atoms with van der Waals surface area (Å²) in [4.78, 5) is 17.3. The van der Waals surface area contributed by atoms with E-state index < -0.39 is 0 Å². The van der Waals surface area contributed by atoms with Crippen molar-refractivity contribution in [2.75, 3.05) is 6.61 Å². The van der Waals surface area contributed by atoms with E-state index in [1.54, 1.807) is 0 Å². The molecule has 0 bridgehead atoms. The number of carbonyl (C=O) groups excluding carboxylic acids is 1. The Morgan fingerprint density at radius 3 is 2.95 bits per heavy atom. The Bertz CT molecular complexity index is 578. The van der Waals surface area contributed by atoms with E-state index >= 15 is 0 Å². The van der Waals surface area contributed by atoms with Crippen LogP contribution in [0.4, 0.5) is 0 Å². The predicted octanol–water partition coefficient (Wildman–Crippen LogP) is 2.95. The van der Waals surface area contributed by atoms with Gasteiger partial charge in [-0.2, -0.15) is 0 Å². The maximum atomic E-state index is 11.8. The molecule has 0 aliphatic heterocycles. The minimum Gasteiger partial charge on any atom is -0.394 e. The minimum atomic E-state index is -0.184. The third kappa shape index (κ3) is 4.02. The summed E-state index contributed by atoms with van der Waals surface area (Å²) in [6.07, 6.45) is 0.935. The third-order valence-electron chi connectivity index (χ3n) is 2.76. The van der Waals surface area contributed by atoms with Crippen LogP contribution in [0.1, 0.15) is 19.0 Å². The molecule has 4 nitrogen and oxygen atoms in total. The lowest BCUT2D eigenvalue weighted by atomic mass is 10.2. The molecule has 0 aromatic carbocycles. The number of nitrogens with zero attached hydrogens (tertiary/aromatic N) is 1. The highest BCUT2D eigenvalue weighted by Crippen LogP contribution is 2.32. The van der Waals surface area contributed by atoms with Crippen molar-refractivity contribution in [1.82, 2.24) is 10.3 Å². The van der Waals surface area contributed by atoms with Gasteiger partial charge in [-0.15, -0.1) is 22.7 Å². The summed E-state index contributed by atoms with van der Waals surface area (Å²) in [6.45, 7) is 1.88. The average molecular weight is 331 g/mol. The lowest BCUT2D eigenvalue weighted by Crippen LogP contribution is -2.37. The quantitative estimate of drug-likeness (QED) is 0.856. The first kappa shape index (κ1) is 15.4. The van der Waals surface area contributed by atoms with Crippen molar-refractivity contribution >= 4 is 40.2 Å². The number of carbonyl (C=O) groups is 1. The van der Waals surface area contributed by atoms with Gasteiger partial charge in [-0.3, -0.25) is 4.79 Å². The molecule has 0 fully saturated rings. The van der Waals surface area contributed by atoms with Gasteiger partial charge in [0.2, 0.25) is 5.91 Å². The fourth-order valence-electron chi connectivity index (χ4n) is 1.65. The molecule has 108 valence electrons. The molecule has 0 spiro atoms. The first-order valence-corrected chi connectivity index (χ1v) is 8.30. The first-order chi connectivity index (χ1) is 9.62. The monoisotopic (exact) mass is 330 g/mol. The van der Waals surface area contributed by atoms with Crippen molar-refractivity contribution in [2.24, 2.45) is 0 Å². The predicted molar refractivity (Wildman–Crippen MR) is 83.4 cm³/mol. The lowest BCUT2D eigenvalue weighted by Gasteiger charge is -2.13. The average Bonchev–Trinajstić information content (AvgIpc) is 3.05. The van der Waals surface area contributed by atoms with Crippen molar-refractivity contribution < 1.29 is 9.90 Å². The molecule has 1 amide bonds. The molecule has 2 aromatic rings. The van der Waals surface area contributed by atoms with Gasteiger partial charge in [0.05, 0.1) is 34.0 Å². The van der Waals surface area contributed by atoms with Gasteiger partial charge in [0, 0.05) is 5.38 Å². The lowest BCUT2D eigenvalue weighted by molar-refractivity contribution is -0.121. The number of thiophene rings is 1. The Morgan fingerprint density at radius 2 is 2.35 bits per heavy atom. The largest absolute Gasteiger partial charge is 0.394 e. The van der Waals surface area contributed by atoms with Crippen LogP contribution < -0.4 is 5.32 Å². The van der Waals surface area contributed by atoms with E-state index in [0.717, 1.165) is 19.9 Å². The van der Waals surface area contributed by atoms with Crippen LogP contribution in [0.2, 0.25) is 4.34 Å². The summed E-state index contributed by atoms with van der Waals surface area (Å²) in [6, 6.07) is 3.58. The Balaban J connectivity index is 1.97. The number of rotatable bonds is 6. The zero-order valence-corrected chi connectivity index (χ0v) is 13.3.